The molecule has 0 radical (unpaired) electrons. The predicted octanol–water partition coefficient (Wildman–Crippen LogP) is 3.40. The Morgan fingerprint density at radius 3 is 2.65 bits per heavy atom. The molecule has 3 N–H and O–H groups in total. The van der Waals surface area contributed by atoms with E-state index in [1.165, 1.54) is 23.5 Å². The van der Waals surface area contributed by atoms with Gasteiger partial charge in [-0.3, -0.25) is 14.9 Å². The first-order chi connectivity index (χ1) is 14.5. The number of nitro benzene ring substituents is 1. The minimum Gasteiger partial charge on any atom is -0.369 e. The minimum absolute atomic E-state index is 0.0505. The molecule has 0 atom stereocenters. The normalized spacial score (nSPS) is 19.3. The number of carbonyl (C=O) groups is 1. The number of carbonyl (C=O) groups excluding carboxylic acids is 1. The number of hydrogen-bond acceptors (Lipinski definition) is 8. The summed E-state index contributed by atoms with van der Waals surface area (Å²) in [6.45, 7) is 3.88. The summed E-state index contributed by atoms with van der Waals surface area (Å²) < 4.78 is 28.8. The van der Waals surface area contributed by atoms with Gasteiger partial charge in [-0.05, 0) is 50.7 Å². The number of nitro groups is 1. The fraction of sp³-hybridized carbons (Fsp3) is 0.474. The van der Waals surface area contributed by atoms with Crippen molar-refractivity contribution in [3.63, 3.8) is 0 Å². The van der Waals surface area contributed by atoms with E-state index in [4.69, 9.17) is 5.73 Å². The number of sulfonamides is 1. The summed E-state index contributed by atoms with van der Waals surface area (Å²) in [6.07, 6.45) is 3.47. The number of aryl methyl sites for hydroxylation is 1. The van der Waals surface area contributed by atoms with Gasteiger partial charge in [-0.1, -0.05) is 18.7 Å². The van der Waals surface area contributed by atoms with Crippen molar-refractivity contribution in [1.82, 2.24) is 9.71 Å². The van der Waals surface area contributed by atoms with E-state index >= 15 is 0 Å². The van der Waals surface area contributed by atoms with Crippen molar-refractivity contribution < 1.29 is 18.1 Å². The third-order valence-electron chi connectivity index (χ3n) is 5.18. The number of rotatable bonds is 8. The second-order valence-electron chi connectivity index (χ2n) is 7.70. The molecular formula is C19H24N4O5S3. The van der Waals surface area contributed by atoms with Crippen LogP contribution in [0.4, 0.5) is 5.69 Å². The number of aromatic nitrogens is 1. The molecule has 1 heterocycles. The second kappa shape index (κ2) is 9.63. The summed E-state index contributed by atoms with van der Waals surface area (Å²) >= 11 is 2.29. The molecule has 1 fully saturated rings. The molecule has 12 heteroatoms. The van der Waals surface area contributed by atoms with Crippen molar-refractivity contribution in [3.05, 3.63) is 38.9 Å². The van der Waals surface area contributed by atoms with Crippen LogP contribution >= 0.6 is 23.1 Å². The van der Waals surface area contributed by atoms with E-state index < -0.39 is 20.9 Å². The average Bonchev–Trinajstić information content (AvgIpc) is 3.01. The van der Waals surface area contributed by atoms with Gasteiger partial charge in [0.25, 0.3) is 5.69 Å². The molecule has 0 aliphatic heterocycles. The van der Waals surface area contributed by atoms with Gasteiger partial charge in [-0.25, -0.2) is 18.1 Å². The van der Waals surface area contributed by atoms with Gasteiger partial charge in [0.1, 0.15) is 0 Å². The van der Waals surface area contributed by atoms with E-state index in [0.29, 0.717) is 20.8 Å². The highest BCUT2D eigenvalue weighted by Crippen LogP contribution is 2.39. The molecule has 1 amide bonds. The molecule has 0 spiro atoms. The van der Waals surface area contributed by atoms with Crippen LogP contribution in [-0.4, -0.2) is 30.3 Å². The van der Waals surface area contributed by atoms with Crippen LogP contribution < -0.4 is 10.5 Å². The molecule has 1 aliphatic carbocycles. The zero-order valence-corrected chi connectivity index (χ0v) is 19.6. The van der Waals surface area contributed by atoms with Gasteiger partial charge in [0, 0.05) is 17.0 Å². The van der Waals surface area contributed by atoms with Crippen LogP contribution in [-0.2, 0) is 21.2 Å². The summed E-state index contributed by atoms with van der Waals surface area (Å²) in [6, 6.07) is 3.72. The van der Waals surface area contributed by atoms with Gasteiger partial charge in [-0.15, -0.1) is 11.3 Å². The topological polar surface area (TPSA) is 145 Å². The van der Waals surface area contributed by atoms with Crippen molar-refractivity contribution in [2.45, 2.75) is 66.1 Å². The fourth-order valence-corrected chi connectivity index (χ4v) is 7.03. The van der Waals surface area contributed by atoms with Gasteiger partial charge >= 0.3 is 0 Å². The summed E-state index contributed by atoms with van der Waals surface area (Å²) in [5.41, 5.74) is 5.56. The van der Waals surface area contributed by atoms with Crippen LogP contribution in [0.5, 0.6) is 0 Å². The molecule has 2 aromatic rings. The van der Waals surface area contributed by atoms with E-state index in [-0.39, 0.29) is 27.9 Å². The van der Waals surface area contributed by atoms with Crippen LogP contribution in [0.2, 0.25) is 0 Å². The monoisotopic (exact) mass is 484 g/mol. The highest BCUT2D eigenvalue weighted by Gasteiger charge is 2.27. The first kappa shape index (κ1) is 23.6. The first-order valence-corrected chi connectivity index (χ1v) is 12.9. The molecular weight excluding hydrogens is 460 g/mol. The zero-order chi connectivity index (χ0) is 22.8. The van der Waals surface area contributed by atoms with E-state index in [9.17, 15) is 23.3 Å². The lowest BCUT2D eigenvalue weighted by Crippen LogP contribution is -2.37. The van der Waals surface area contributed by atoms with Crippen LogP contribution in [0.15, 0.2) is 32.3 Å². The molecule has 0 saturated heterocycles. The Morgan fingerprint density at radius 2 is 2.03 bits per heavy atom. The largest absolute Gasteiger partial charge is 0.369 e. The van der Waals surface area contributed by atoms with Crippen LogP contribution in [0.1, 0.15) is 43.2 Å². The Hall–Kier alpha value is -2.02. The lowest BCUT2D eigenvalue weighted by Gasteiger charge is -2.26. The molecule has 1 aromatic carbocycles. The average molecular weight is 485 g/mol. The Kier molecular flexibility index (Phi) is 7.35. The number of hydrogen-bond donors (Lipinski definition) is 2. The van der Waals surface area contributed by atoms with Gasteiger partial charge in [0.2, 0.25) is 15.9 Å². The standard InChI is InChI=1S/C19H24N4O5S3/c1-11-3-5-13(6-4-11)22-31(27,28)14-7-8-16(15(9-14)23(25)26)29-19-21-12(2)17(30-19)10-18(20)24/h7-9,11,13,22H,3-6,10H2,1-2H3,(H2,20,24). The van der Waals surface area contributed by atoms with Crippen molar-refractivity contribution >= 4 is 44.7 Å². The SMILES string of the molecule is Cc1nc(Sc2ccc(S(=O)(=O)NC3CCC(C)CC3)cc2[N+](=O)[O-])sc1CC(N)=O. The lowest BCUT2D eigenvalue weighted by molar-refractivity contribution is -0.388. The van der Waals surface area contributed by atoms with E-state index in [2.05, 4.69) is 16.6 Å². The first-order valence-electron chi connectivity index (χ1n) is 9.78. The predicted molar refractivity (Wildman–Crippen MR) is 119 cm³/mol. The maximum absolute atomic E-state index is 12.8. The molecule has 9 nitrogen and oxygen atoms in total. The maximum Gasteiger partial charge on any atom is 0.284 e. The molecule has 0 unspecified atom stereocenters. The number of thiazole rings is 1. The third-order valence-corrected chi connectivity index (χ3v) is 8.98. The molecule has 168 valence electrons. The summed E-state index contributed by atoms with van der Waals surface area (Å²) in [5.74, 6) is 0.0971. The van der Waals surface area contributed by atoms with Crippen molar-refractivity contribution in [2.24, 2.45) is 11.7 Å². The highest BCUT2D eigenvalue weighted by atomic mass is 32.2. The van der Waals surface area contributed by atoms with E-state index in [0.717, 1.165) is 43.5 Å². The van der Waals surface area contributed by atoms with Gasteiger partial charge < -0.3 is 5.73 Å². The Morgan fingerprint density at radius 1 is 1.35 bits per heavy atom. The molecule has 3 rings (SSSR count). The van der Waals surface area contributed by atoms with Gasteiger partial charge in [0.15, 0.2) is 4.34 Å². The summed E-state index contributed by atoms with van der Waals surface area (Å²) in [7, 11) is -3.87. The van der Waals surface area contributed by atoms with E-state index in [1.54, 1.807) is 6.92 Å². The third kappa shape index (κ3) is 6.03. The maximum atomic E-state index is 12.8. The van der Waals surface area contributed by atoms with E-state index in [1.807, 2.05) is 0 Å². The number of benzene rings is 1. The number of nitrogens with one attached hydrogen (secondary N) is 1. The quantitative estimate of drug-likeness (QED) is 0.431. The lowest BCUT2D eigenvalue weighted by atomic mass is 9.88. The molecule has 1 aromatic heterocycles. The summed E-state index contributed by atoms with van der Waals surface area (Å²) in [5, 5.41) is 11.6. The van der Waals surface area contributed by atoms with Crippen LogP contribution in [0, 0.1) is 23.0 Å². The zero-order valence-electron chi connectivity index (χ0n) is 17.2. The number of nitrogens with two attached hydrogens (primary N) is 1. The number of primary amides is 1. The second-order valence-corrected chi connectivity index (χ2v) is 11.8. The smallest absolute Gasteiger partial charge is 0.284 e. The van der Waals surface area contributed by atoms with Crippen molar-refractivity contribution in [1.29, 1.82) is 0 Å². The Balaban J connectivity index is 1.83. The molecule has 1 saturated carbocycles. The van der Waals surface area contributed by atoms with Crippen molar-refractivity contribution in [2.75, 3.05) is 0 Å². The van der Waals surface area contributed by atoms with Crippen LogP contribution in [0.25, 0.3) is 0 Å². The molecule has 0 bridgehead atoms. The molecule has 31 heavy (non-hydrogen) atoms. The Bertz CT molecular complexity index is 1090. The van der Waals surface area contributed by atoms with Gasteiger partial charge in [-0.2, -0.15) is 0 Å². The molecule has 1 aliphatic rings. The summed E-state index contributed by atoms with van der Waals surface area (Å²) in [4.78, 5) is 27.4. The fourth-order valence-electron chi connectivity index (χ4n) is 3.42. The number of amides is 1. The van der Waals surface area contributed by atoms with Crippen LogP contribution in [0.3, 0.4) is 0 Å². The number of nitrogens with zero attached hydrogens (tertiary/aromatic N) is 2. The van der Waals surface area contributed by atoms with Crippen molar-refractivity contribution in [3.8, 4) is 0 Å². The van der Waals surface area contributed by atoms with Gasteiger partial charge in [0.05, 0.1) is 26.8 Å². The minimum atomic E-state index is -3.87. The Labute approximate surface area is 189 Å². The highest BCUT2D eigenvalue weighted by molar-refractivity contribution is 8.01.